The highest BCUT2D eigenvalue weighted by atomic mass is 16.5. The van der Waals surface area contributed by atoms with Crippen molar-refractivity contribution < 1.29 is 4.74 Å². The van der Waals surface area contributed by atoms with E-state index in [-0.39, 0.29) is 0 Å². The van der Waals surface area contributed by atoms with Gasteiger partial charge in [0.2, 0.25) is 6.26 Å². The molecule has 0 amide bonds. The molecule has 0 aliphatic carbocycles. The van der Waals surface area contributed by atoms with E-state index in [1.54, 1.807) is 18.4 Å². The van der Waals surface area contributed by atoms with Crippen LogP contribution >= 0.6 is 0 Å². The van der Waals surface area contributed by atoms with Gasteiger partial charge in [-0.3, -0.25) is 4.74 Å². The molecule has 1 aliphatic rings. The second-order valence-electron chi connectivity index (χ2n) is 0.731. The summed E-state index contributed by atoms with van der Waals surface area (Å²) in [5.41, 5.74) is 0. The Kier molecular flexibility index (Phi) is 0.423. The summed E-state index contributed by atoms with van der Waals surface area (Å²) in [5.74, 6) is 0. The third-order valence-electron chi connectivity index (χ3n) is 0.379. The highest BCUT2D eigenvalue weighted by molar-refractivity contribution is 4.98. The molecule has 1 rings (SSSR count). The van der Waals surface area contributed by atoms with Gasteiger partial charge in [-0.1, -0.05) is 0 Å². The van der Waals surface area contributed by atoms with Gasteiger partial charge in [0, 0.05) is 0 Å². The molecule has 0 saturated heterocycles. The smallest absolute Gasteiger partial charge is 0.254 e. The molecule has 1 heteroatoms. The van der Waals surface area contributed by atoms with Gasteiger partial charge >= 0.3 is 0 Å². The van der Waals surface area contributed by atoms with Crippen LogP contribution in [0.3, 0.4) is 0 Å². The Morgan fingerprint density at radius 3 is 2.80 bits per heavy atom. The Hall–Kier alpha value is -0.810. The minimum atomic E-state index is 1.57. The van der Waals surface area contributed by atoms with Crippen LogP contribution in [0.2, 0.25) is 0 Å². The van der Waals surface area contributed by atoms with Crippen molar-refractivity contribution in [3.63, 3.8) is 0 Å². The van der Waals surface area contributed by atoms with Crippen molar-refractivity contribution in [2.45, 2.75) is 0 Å². The first kappa shape index (κ1) is 2.43. The number of allylic oxidation sites excluding steroid dienone is 2. The van der Waals surface area contributed by atoms with Crippen molar-refractivity contribution in [3.8, 4) is 0 Å². The predicted octanol–water partition coefficient (Wildman–Crippen LogP) is 0.847. The van der Waals surface area contributed by atoms with E-state index in [0.29, 0.717) is 0 Å². The molecule has 1 nitrogen and oxygen atoms in total. The molecule has 0 unspecified atom stereocenters. The zero-order chi connectivity index (χ0) is 3.54. The molecule has 0 fully saturated rings. The third-order valence-corrected chi connectivity index (χ3v) is 0.379. The first-order valence-electron chi connectivity index (χ1n) is 1.40. The van der Waals surface area contributed by atoms with Crippen LogP contribution in [0.25, 0.3) is 0 Å². The van der Waals surface area contributed by atoms with Gasteiger partial charge in [0.05, 0.1) is 0 Å². The summed E-state index contributed by atoms with van der Waals surface area (Å²) in [6.45, 7) is 0. The van der Waals surface area contributed by atoms with Gasteiger partial charge in [-0.2, -0.15) is 0 Å². The summed E-state index contributed by atoms with van der Waals surface area (Å²) in [6.07, 6.45) is 7.54. The maximum Gasteiger partial charge on any atom is 0.254 e. The zero-order valence-electron chi connectivity index (χ0n) is 2.64. The van der Waals surface area contributed by atoms with Gasteiger partial charge in [0.15, 0.2) is 6.08 Å². The normalized spacial score (nSPS) is 14.4. The molecule has 0 aromatic heterocycles. The Balaban J connectivity index is 2.61. The highest BCUT2D eigenvalue weighted by Crippen LogP contribution is 1.86. The van der Waals surface area contributed by atoms with Crippen molar-refractivity contribution in [1.29, 1.82) is 0 Å². The fourth-order valence-electron chi connectivity index (χ4n) is 0.196. The summed E-state index contributed by atoms with van der Waals surface area (Å²) in [7, 11) is 0. The SMILES string of the molecule is [C+]1=CC=CO1. The molecule has 0 aromatic rings. The number of ether oxygens (including phenoxy) is 1. The summed E-state index contributed by atoms with van der Waals surface area (Å²) >= 11 is 0. The molecule has 1 aliphatic heterocycles. The van der Waals surface area contributed by atoms with Crippen molar-refractivity contribution >= 4 is 0 Å². The van der Waals surface area contributed by atoms with Gasteiger partial charge in [0.1, 0.15) is 6.08 Å². The zero-order valence-corrected chi connectivity index (χ0v) is 2.64. The lowest BCUT2D eigenvalue weighted by molar-refractivity contribution is 0.387. The molecule has 0 saturated carbocycles. The molecule has 0 bridgehead atoms. The summed E-state index contributed by atoms with van der Waals surface area (Å²) in [4.78, 5) is 0. The van der Waals surface area contributed by atoms with Crippen LogP contribution < -0.4 is 0 Å². The molecule has 5 heavy (non-hydrogen) atoms. The lowest BCUT2D eigenvalue weighted by Crippen LogP contribution is -1.48. The van der Waals surface area contributed by atoms with E-state index in [1.807, 2.05) is 0 Å². The molecule has 0 aromatic carbocycles. The second kappa shape index (κ2) is 0.871. The second-order valence-corrected chi connectivity index (χ2v) is 0.731. The minimum absolute atomic E-state index is 1.57. The fraction of sp³-hybridized carbons (Fsp3) is 0. The monoisotopic (exact) mass is 67.0 g/mol. The first-order chi connectivity index (χ1) is 2.50. The molecular weight excluding hydrogens is 64.0 g/mol. The summed E-state index contributed by atoms with van der Waals surface area (Å²) in [5, 5.41) is 0. The van der Waals surface area contributed by atoms with Crippen LogP contribution in [0.4, 0.5) is 0 Å². The Bertz CT molecular complexity index is 61.7. The number of hydrogen-bond donors (Lipinski definition) is 0. The van der Waals surface area contributed by atoms with Crippen molar-refractivity contribution in [3.05, 3.63) is 24.7 Å². The first-order valence-corrected chi connectivity index (χ1v) is 1.40. The van der Waals surface area contributed by atoms with E-state index >= 15 is 0 Å². The largest absolute Gasteiger partial charge is 0.282 e. The lowest BCUT2D eigenvalue weighted by atomic mass is 10.6. The standard InChI is InChI=1S/C4H3O/c1-2-4-5-3-1/h1-3H/q+1. The van der Waals surface area contributed by atoms with Crippen LogP contribution in [0.5, 0.6) is 0 Å². The van der Waals surface area contributed by atoms with Crippen molar-refractivity contribution in [2.24, 2.45) is 0 Å². The number of rotatable bonds is 0. The molecule has 0 N–H and O–H groups in total. The maximum absolute atomic E-state index is 4.46. The topological polar surface area (TPSA) is 9.23 Å². The average molecular weight is 67.1 g/mol. The van der Waals surface area contributed by atoms with E-state index in [2.05, 4.69) is 11.0 Å². The third kappa shape index (κ3) is 0.257. The van der Waals surface area contributed by atoms with E-state index < -0.39 is 0 Å². The molecule has 0 spiro atoms. The van der Waals surface area contributed by atoms with Gasteiger partial charge < -0.3 is 0 Å². The van der Waals surface area contributed by atoms with Crippen LogP contribution in [-0.2, 0) is 4.74 Å². The molecule has 24 valence electrons. The van der Waals surface area contributed by atoms with E-state index in [9.17, 15) is 0 Å². The lowest BCUT2D eigenvalue weighted by Gasteiger charge is -1.53. The minimum Gasteiger partial charge on any atom is -0.282 e. The molecule has 0 radical (unpaired) electrons. The van der Waals surface area contributed by atoms with E-state index in [0.717, 1.165) is 0 Å². The molecule has 1 heterocycles. The fourth-order valence-corrected chi connectivity index (χ4v) is 0.196. The van der Waals surface area contributed by atoms with Crippen molar-refractivity contribution in [1.82, 2.24) is 0 Å². The van der Waals surface area contributed by atoms with E-state index in [4.69, 9.17) is 0 Å². The summed E-state index contributed by atoms with van der Waals surface area (Å²) in [6, 6.07) is 0. The van der Waals surface area contributed by atoms with Gasteiger partial charge in [-0.15, -0.1) is 0 Å². The predicted molar refractivity (Wildman–Crippen MR) is 18.0 cm³/mol. The summed E-state index contributed by atoms with van der Waals surface area (Å²) < 4.78 is 4.46. The molecular formula is C4H3O+. The Morgan fingerprint density at radius 2 is 2.60 bits per heavy atom. The average Bonchev–Trinajstić information content (AvgIpc) is 1.76. The van der Waals surface area contributed by atoms with Crippen LogP contribution in [0, 0.1) is 6.26 Å². The quantitative estimate of drug-likeness (QED) is 0.381. The van der Waals surface area contributed by atoms with E-state index in [1.165, 1.54) is 0 Å². The van der Waals surface area contributed by atoms with Gasteiger partial charge in [-0.05, 0) is 0 Å². The van der Waals surface area contributed by atoms with Crippen molar-refractivity contribution in [2.75, 3.05) is 0 Å². The Labute approximate surface area is 30.6 Å². The number of hydrogen-bond acceptors (Lipinski definition) is 1. The van der Waals surface area contributed by atoms with Gasteiger partial charge in [0.25, 0.3) is 6.26 Å². The van der Waals surface area contributed by atoms with Crippen LogP contribution in [0.15, 0.2) is 18.4 Å². The van der Waals surface area contributed by atoms with Crippen LogP contribution in [-0.4, -0.2) is 0 Å². The highest BCUT2D eigenvalue weighted by Gasteiger charge is 1.87. The van der Waals surface area contributed by atoms with Crippen LogP contribution in [0.1, 0.15) is 0 Å². The maximum atomic E-state index is 4.46. The molecule has 0 atom stereocenters. The van der Waals surface area contributed by atoms with Gasteiger partial charge in [-0.25, -0.2) is 0 Å². The Morgan fingerprint density at radius 1 is 1.60 bits per heavy atom.